The first kappa shape index (κ1) is 18.6. The van der Waals surface area contributed by atoms with Crippen molar-refractivity contribution in [3.63, 3.8) is 0 Å². The number of rotatable bonds is 9. The van der Waals surface area contributed by atoms with E-state index in [0.717, 1.165) is 36.9 Å². The third kappa shape index (κ3) is 5.40. The van der Waals surface area contributed by atoms with Gasteiger partial charge in [0.1, 0.15) is 0 Å². The van der Waals surface area contributed by atoms with Crippen LogP contribution in [-0.2, 0) is 17.8 Å². The van der Waals surface area contributed by atoms with Crippen LogP contribution in [0, 0.1) is 0 Å². The van der Waals surface area contributed by atoms with E-state index in [9.17, 15) is 4.79 Å². The molecule has 2 aromatic rings. The van der Waals surface area contributed by atoms with Crippen molar-refractivity contribution < 1.29 is 4.79 Å². The van der Waals surface area contributed by atoms with Gasteiger partial charge in [-0.2, -0.15) is 0 Å². The predicted molar refractivity (Wildman–Crippen MR) is 100 cm³/mol. The Bertz CT molecular complexity index is 629. The van der Waals surface area contributed by atoms with Gasteiger partial charge in [-0.05, 0) is 18.9 Å². The van der Waals surface area contributed by atoms with Crippen LogP contribution in [0.15, 0.2) is 35.7 Å². The topological polar surface area (TPSA) is 62.5 Å². The Morgan fingerprint density at radius 1 is 1.25 bits per heavy atom. The van der Waals surface area contributed by atoms with Crippen LogP contribution in [0.4, 0.5) is 5.13 Å². The smallest absolute Gasteiger partial charge is 0.225 e. The van der Waals surface area contributed by atoms with Crippen molar-refractivity contribution in [1.82, 2.24) is 9.88 Å². The summed E-state index contributed by atoms with van der Waals surface area (Å²) in [5.74, 6) is 0.0290. The zero-order chi connectivity index (χ0) is 17.4. The maximum atomic E-state index is 11.6. The molecular formula is C18H26N4OS. The maximum absolute atomic E-state index is 11.6. The van der Waals surface area contributed by atoms with Crippen LogP contribution in [0.25, 0.3) is 0 Å². The Morgan fingerprint density at radius 2 is 2.00 bits per heavy atom. The highest BCUT2D eigenvalue weighted by atomic mass is 32.1. The van der Waals surface area contributed by atoms with E-state index in [4.69, 9.17) is 5.73 Å². The highest BCUT2D eigenvalue weighted by Gasteiger charge is 2.15. The summed E-state index contributed by atoms with van der Waals surface area (Å²) in [6.07, 6.45) is 0.992. The molecule has 2 N–H and O–H groups in total. The van der Waals surface area contributed by atoms with Crippen LogP contribution in [0.3, 0.4) is 0 Å². The summed E-state index contributed by atoms with van der Waals surface area (Å²) in [7, 11) is 0. The molecular weight excluding hydrogens is 320 g/mol. The van der Waals surface area contributed by atoms with E-state index in [1.165, 1.54) is 16.9 Å². The third-order valence-electron chi connectivity index (χ3n) is 3.86. The first-order chi connectivity index (χ1) is 11.6. The molecule has 130 valence electrons. The number of benzene rings is 1. The molecule has 0 aliphatic heterocycles. The minimum absolute atomic E-state index is 0.0290. The van der Waals surface area contributed by atoms with Gasteiger partial charge in [0.2, 0.25) is 5.91 Å². The highest BCUT2D eigenvalue weighted by molar-refractivity contribution is 7.14. The quantitative estimate of drug-likeness (QED) is 0.758. The summed E-state index contributed by atoms with van der Waals surface area (Å²) < 4.78 is 0. The average molecular weight is 346 g/mol. The lowest BCUT2D eigenvalue weighted by molar-refractivity contribution is -0.116. The average Bonchev–Trinajstić information content (AvgIpc) is 3.02. The van der Waals surface area contributed by atoms with Crippen LogP contribution in [-0.4, -0.2) is 42.0 Å². The monoisotopic (exact) mass is 346 g/mol. The van der Waals surface area contributed by atoms with Gasteiger partial charge in [0.05, 0.1) is 5.69 Å². The first-order valence-corrected chi connectivity index (χ1v) is 9.20. The van der Waals surface area contributed by atoms with Crippen LogP contribution >= 0.6 is 11.3 Å². The standard InChI is InChI=1S/C18H26N4OS/c1-3-22(15(2)23)18-20-17(14-24-18)13-21(12-10-19)11-9-16-7-5-4-6-8-16/h4-8,14H,3,9-13,19H2,1-2H3. The summed E-state index contributed by atoms with van der Waals surface area (Å²) in [6.45, 7) is 7.34. The summed E-state index contributed by atoms with van der Waals surface area (Å²) in [5.41, 5.74) is 8.08. The SMILES string of the molecule is CCN(C(C)=O)c1nc(CN(CCN)CCc2ccccc2)cs1. The van der Waals surface area contributed by atoms with E-state index in [0.29, 0.717) is 13.1 Å². The number of anilines is 1. The van der Waals surface area contributed by atoms with Gasteiger partial charge < -0.3 is 5.73 Å². The van der Waals surface area contributed by atoms with Crippen molar-refractivity contribution in [2.24, 2.45) is 5.73 Å². The van der Waals surface area contributed by atoms with E-state index < -0.39 is 0 Å². The fourth-order valence-electron chi connectivity index (χ4n) is 2.60. The van der Waals surface area contributed by atoms with Crippen LogP contribution in [0.1, 0.15) is 25.1 Å². The second kappa shape index (κ2) is 9.52. The largest absolute Gasteiger partial charge is 0.329 e. The molecule has 0 fully saturated rings. The molecule has 1 aromatic heterocycles. The number of nitrogens with zero attached hydrogens (tertiary/aromatic N) is 3. The fraction of sp³-hybridized carbons (Fsp3) is 0.444. The zero-order valence-electron chi connectivity index (χ0n) is 14.4. The second-order valence-electron chi connectivity index (χ2n) is 5.69. The summed E-state index contributed by atoms with van der Waals surface area (Å²) in [4.78, 5) is 20.3. The molecule has 0 radical (unpaired) electrons. The molecule has 24 heavy (non-hydrogen) atoms. The van der Waals surface area contributed by atoms with Gasteiger partial charge in [-0.25, -0.2) is 4.98 Å². The number of amides is 1. The van der Waals surface area contributed by atoms with Gasteiger partial charge in [-0.15, -0.1) is 11.3 Å². The molecule has 6 heteroatoms. The van der Waals surface area contributed by atoms with Crippen molar-refractivity contribution in [1.29, 1.82) is 0 Å². The Kier molecular flexibility index (Phi) is 7.36. The molecule has 1 heterocycles. The minimum Gasteiger partial charge on any atom is -0.329 e. The number of aromatic nitrogens is 1. The molecule has 1 aromatic carbocycles. The van der Waals surface area contributed by atoms with Crippen molar-refractivity contribution in [3.8, 4) is 0 Å². The summed E-state index contributed by atoms with van der Waals surface area (Å²) in [6, 6.07) is 10.5. The normalized spacial score (nSPS) is 11.0. The Morgan fingerprint density at radius 3 is 2.62 bits per heavy atom. The van der Waals surface area contributed by atoms with Gasteiger partial charge in [-0.1, -0.05) is 30.3 Å². The van der Waals surface area contributed by atoms with E-state index >= 15 is 0 Å². The third-order valence-corrected chi connectivity index (χ3v) is 4.77. The van der Waals surface area contributed by atoms with Crippen molar-refractivity contribution in [2.45, 2.75) is 26.8 Å². The van der Waals surface area contributed by atoms with Gasteiger partial charge in [0.15, 0.2) is 5.13 Å². The van der Waals surface area contributed by atoms with Crippen molar-refractivity contribution in [2.75, 3.05) is 31.1 Å². The van der Waals surface area contributed by atoms with E-state index in [-0.39, 0.29) is 5.91 Å². The molecule has 0 atom stereocenters. The van der Waals surface area contributed by atoms with Crippen LogP contribution < -0.4 is 10.6 Å². The molecule has 0 unspecified atom stereocenters. The van der Waals surface area contributed by atoms with Gasteiger partial charge in [0, 0.05) is 45.0 Å². The van der Waals surface area contributed by atoms with Crippen molar-refractivity contribution >= 4 is 22.4 Å². The van der Waals surface area contributed by atoms with Gasteiger partial charge in [-0.3, -0.25) is 14.6 Å². The fourth-order valence-corrected chi connectivity index (χ4v) is 3.52. The summed E-state index contributed by atoms with van der Waals surface area (Å²) in [5, 5.41) is 2.81. The van der Waals surface area contributed by atoms with Crippen LogP contribution in [0.5, 0.6) is 0 Å². The summed E-state index contributed by atoms with van der Waals surface area (Å²) >= 11 is 1.52. The molecule has 0 bridgehead atoms. The Balaban J connectivity index is 1.97. The molecule has 0 saturated heterocycles. The number of carbonyl (C=O) groups excluding carboxylic acids is 1. The molecule has 0 aliphatic rings. The number of hydrogen-bond acceptors (Lipinski definition) is 5. The maximum Gasteiger partial charge on any atom is 0.225 e. The van der Waals surface area contributed by atoms with Crippen LogP contribution in [0.2, 0.25) is 0 Å². The first-order valence-electron chi connectivity index (χ1n) is 8.33. The van der Waals surface area contributed by atoms with Gasteiger partial charge >= 0.3 is 0 Å². The Hall–Kier alpha value is -1.76. The van der Waals surface area contributed by atoms with E-state index in [1.54, 1.807) is 11.8 Å². The predicted octanol–water partition coefficient (Wildman–Crippen LogP) is 2.52. The number of thiazole rings is 1. The molecule has 0 spiro atoms. The molecule has 1 amide bonds. The van der Waals surface area contributed by atoms with E-state index in [2.05, 4.69) is 34.1 Å². The van der Waals surface area contributed by atoms with E-state index in [1.807, 2.05) is 18.4 Å². The molecule has 5 nitrogen and oxygen atoms in total. The lowest BCUT2D eigenvalue weighted by Crippen LogP contribution is -2.31. The molecule has 0 aliphatic carbocycles. The molecule has 2 rings (SSSR count). The number of carbonyl (C=O) groups is 1. The Labute approximate surface area is 148 Å². The molecule has 0 saturated carbocycles. The van der Waals surface area contributed by atoms with Gasteiger partial charge in [0.25, 0.3) is 0 Å². The lowest BCUT2D eigenvalue weighted by Gasteiger charge is -2.20. The highest BCUT2D eigenvalue weighted by Crippen LogP contribution is 2.21. The minimum atomic E-state index is 0.0290. The second-order valence-corrected chi connectivity index (χ2v) is 6.52. The number of nitrogens with two attached hydrogens (primary N) is 1. The zero-order valence-corrected chi connectivity index (χ0v) is 15.3. The number of hydrogen-bond donors (Lipinski definition) is 1. The van der Waals surface area contributed by atoms with Crippen molar-refractivity contribution in [3.05, 3.63) is 47.0 Å². The lowest BCUT2D eigenvalue weighted by atomic mass is 10.1.